The van der Waals surface area contributed by atoms with Gasteiger partial charge < -0.3 is 9.64 Å². The molecule has 104 valence electrons. The first kappa shape index (κ1) is 14.1. The van der Waals surface area contributed by atoms with E-state index in [0.29, 0.717) is 6.54 Å². The van der Waals surface area contributed by atoms with Gasteiger partial charge >= 0.3 is 5.97 Å². The summed E-state index contributed by atoms with van der Waals surface area (Å²) in [6.07, 6.45) is 2.53. The summed E-state index contributed by atoms with van der Waals surface area (Å²) in [5.74, 6) is -0.326. The molecule has 0 N–H and O–H groups in total. The Morgan fingerprint density at radius 2 is 2.32 bits per heavy atom. The van der Waals surface area contributed by atoms with E-state index in [1.807, 2.05) is 18.4 Å². The molecule has 1 atom stereocenters. The molecule has 0 radical (unpaired) electrons. The Morgan fingerprint density at radius 3 is 3.00 bits per heavy atom. The van der Waals surface area contributed by atoms with E-state index in [2.05, 4.69) is 0 Å². The lowest BCUT2D eigenvalue weighted by Gasteiger charge is -2.31. The highest BCUT2D eigenvalue weighted by molar-refractivity contribution is 7.12. The topological polar surface area (TPSA) is 46.6 Å². The molecule has 2 rings (SSSR count). The standard InChI is InChI=1S/C14H19NO3S/c1-3-10-6-8-19-12(10)13(16)15-7-4-5-11(9-15)14(17)18-2/h6,8,11H,3-5,7,9H2,1-2H3/t11-/m0/s1. The van der Waals surface area contributed by atoms with Crippen molar-refractivity contribution in [2.24, 2.45) is 5.92 Å². The second kappa shape index (κ2) is 6.19. The summed E-state index contributed by atoms with van der Waals surface area (Å²) in [5, 5.41) is 1.95. The number of ether oxygens (including phenoxy) is 1. The number of hydrogen-bond donors (Lipinski definition) is 0. The summed E-state index contributed by atoms with van der Waals surface area (Å²) in [7, 11) is 1.40. The largest absolute Gasteiger partial charge is 0.469 e. The summed E-state index contributed by atoms with van der Waals surface area (Å²) >= 11 is 1.48. The number of aryl methyl sites for hydroxylation is 1. The first-order valence-corrected chi connectivity index (χ1v) is 7.48. The first-order chi connectivity index (χ1) is 9.17. The molecule has 19 heavy (non-hydrogen) atoms. The van der Waals surface area contributed by atoms with Crippen molar-refractivity contribution < 1.29 is 14.3 Å². The SMILES string of the molecule is CCc1ccsc1C(=O)N1CCC[C@H](C(=O)OC)C1. The van der Waals surface area contributed by atoms with Gasteiger partial charge in [-0.05, 0) is 36.3 Å². The predicted molar refractivity (Wildman–Crippen MR) is 74.3 cm³/mol. The van der Waals surface area contributed by atoms with Crippen LogP contribution in [0.15, 0.2) is 11.4 Å². The fraction of sp³-hybridized carbons (Fsp3) is 0.571. The molecule has 1 aliphatic rings. The molecule has 1 aromatic rings. The van der Waals surface area contributed by atoms with Gasteiger partial charge in [0, 0.05) is 13.1 Å². The Kier molecular flexibility index (Phi) is 4.58. The van der Waals surface area contributed by atoms with Crippen molar-refractivity contribution in [2.75, 3.05) is 20.2 Å². The number of amides is 1. The van der Waals surface area contributed by atoms with E-state index in [0.717, 1.165) is 36.2 Å². The second-order valence-electron chi connectivity index (χ2n) is 4.74. The maximum atomic E-state index is 12.5. The Labute approximate surface area is 117 Å². The molecule has 1 aromatic heterocycles. The van der Waals surface area contributed by atoms with Gasteiger partial charge in [0.2, 0.25) is 0 Å². The van der Waals surface area contributed by atoms with E-state index in [1.165, 1.54) is 18.4 Å². The minimum absolute atomic E-state index is 0.0560. The maximum Gasteiger partial charge on any atom is 0.310 e. The third kappa shape index (κ3) is 2.97. The van der Waals surface area contributed by atoms with E-state index < -0.39 is 0 Å². The zero-order chi connectivity index (χ0) is 13.8. The minimum atomic E-state index is -0.209. The van der Waals surface area contributed by atoms with E-state index >= 15 is 0 Å². The maximum absolute atomic E-state index is 12.5. The van der Waals surface area contributed by atoms with Crippen molar-refractivity contribution in [3.63, 3.8) is 0 Å². The minimum Gasteiger partial charge on any atom is -0.469 e. The highest BCUT2D eigenvalue weighted by atomic mass is 32.1. The molecular weight excluding hydrogens is 262 g/mol. The summed E-state index contributed by atoms with van der Waals surface area (Å²) in [4.78, 5) is 26.7. The number of hydrogen-bond acceptors (Lipinski definition) is 4. The number of rotatable bonds is 3. The number of nitrogens with zero attached hydrogens (tertiary/aromatic N) is 1. The van der Waals surface area contributed by atoms with Gasteiger partial charge in [0.05, 0.1) is 17.9 Å². The van der Waals surface area contributed by atoms with Gasteiger partial charge in [0.1, 0.15) is 0 Å². The average Bonchev–Trinajstić information content (AvgIpc) is 2.94. The fourth-order valence-electron chi connectivity index (χ4n) is 2.47. The Hall–Kier alpha value is -1.36. The van der Waals surface area contributed by atoms with Crippen LogP contribution in [-0.2, 0) is 16.0 Å². The lowest BCUT2D eigenvalue weighted by molar-refractivity contribution is -0.146. The van der Waals surface area contributed by atoms with Crippen molar-refractivity contribution in [3.8, 4) is 0 Å². The molecule has 0 bridgehead atoms. The van der Waals surface area contributed by atoms with Crippen LogP contribution in [0.3, 0.4) is 0 Å². The molecular formula is C14H19NO3S. The molecule has 1 saturated heterocycles. The van der Waals surface area contributed by atoms with Crippen LogP contribution in [-0.4, -0.2) is 37.0 Å². The summed E-state index contributed by atoms with van der Waals surface area (Å²) in [6, 6.07) is 2.00. The Balaban J connectivity index is 2.09. The van der Waals surface area contributed by atoms with E-state index in [9.17, 15) is 9.59 Å². The smallest absolute Gasteiger partial charge is 0.310 e. The summed E-state index contributed by atoms with van der Waals surface area (Å²) in [6.45, 7) is 3.26. The number of carbonyl (C=O) groups excluding carboxylic acids is 2. The van der Waals surface area contributed by atoms with E-state index in [4.69, 9.17) is 4.74 Å². The van der Waals surface area contributed by atoms with Gasteiger partial charge in [0.25, 0.3) is 5.91 Å². The van der Waals surface area contributed by atoms with Crippen LogP contribution in [0.5, 0.6) is 0 Å². The Bertz CT molecular complexity index is 469. The number of thiophene rings is 1. The Morgan fingerprint density at radius 1 is 1.53 bits per heavy atom. The molecule has 1 amide bonds. The van der Waals surface area contributed by atoms with Gasteiger partial charge in [0.15, 0.2) is 0 Å². The van der Waals surface area contributed by atoms with Crippen LogP contribution in [0.25, 0.3) is 0 Å². The summed E-state index contributed by atoms with van der Waals surface area (Å²) in [5.41, 5.74) is 1.09. The molecule has 4 nitrogen and oxygen atoms in total. The number of esters is 1. The number of methoxy groups -OCH3 is 1. The van der Waals surface area contributed by atoms with Crippen molar-refractivity contribution in [3.05, 3.63) is 21.9 Å². The van der Waals surface area contributed by atoms with Gasteiger partial charge in [-0.15, -0.1) is 11.3 Å². The molecule has 0 saturated carbocycles. The van der Waals surface area contributed by atoms with E-state index in [1.54, 1.807) is 4.90 Å². The number of piperidine rings is 1. The van der Waals surface area contributed by atoms with E-state index in [-0.39, 0.29) is 17.8 Å². The third-order valence-corrected chi connectivity index (χ3v) is 4.51. The number of likely N-dealkylation sites (tertiary alicyclic amines) is 1. The van der Waals surface area contributed by atoms with Crippen molar-refractivity contribution in [2.45, 2.75) is 26.2 Å². The van der Waals surface area contributed by atoms with Crippen molar-refractivity contribution in [1.29, 1.82) is 0 Å². The fourth-order valence-corrected chi connectivity index (χ4v) is 3.43. The van der Waals surface area contributed by atoms with Gasteiger partial charge in [-0.25, -0.2) is 0 Å². The molecule has 1 fully saturated rings. The molecule has 0 unspecified atom stereocenters. The van der Waals surface area contributed by atoms with Crippen LogP contribution in [0.1, 0.15) is 35.0 Å². The van der Waals surface area contributed by atoms with Gasteiger partial charge in [-0.2, -0.15) is 0 Å². The number of carbonyl (C=O) groups is 2. The van der Waals surface area contributed by atoms with Crippen LogP contribution < -0.4 is 0 Å². The van der Waals surface area contributed by atoms with Crippen LogP contribution >= 0.6 is 11.3 Å². The highest BCUT2D eigenvalue weighted by Gasteiger charge is 2.30. The van der Waals surface area contributed by atoms with Crippen molar-refractivity contribution in [1.82, 2.24) is 4.90 Å². The van der Waals surface area contributed by atoms with Crippen molar-refractivity contribution >= 4 is 23.2 Å². The van der Waals surface area contributed by atoms with Gasteiger partial charge in [-0.3, -0.25) is 9.59 Å². The molecule has 0 spiro atoms. The average molecular weight is 281 g/mol. The monoisotopic (exact) mass is 281 g/mol. The summed E-state index contributed by atoms with van der Waals surface area (Å²) < 4.78 is 4.78. The highest BCUT2D eigenvalue weighted by Crippen LogP contribution is 2.24. The van der Waals surface area contributed by atoms with Gasteiger partial charge in [-0.1, -0.05) is 6.92 Å². The zero-order valence-electron chi connectivity index (χ0n) is 11.3. The normalized spacial score (nSPS) is 19.3. The van der Waals surface area contributed by atoms with Crippen LogP contribution in [0, 0.1) is 5.92 Å². The first-order valence-electron chi connectivity index (χ1n) is 6.60. The molecule has 1 aliphatic heterocycles. The third-order valence-electron chi connectivity index (χ3n) is 3.57. The quantitative estimate of drug-likeness (QED) is 0.799. The zero-order valence-corrected chi connectivity index (χ0v) is 12.2. The second-order valence-corrected chi connectivity index (χ2v) is 5.66. The lowest BCUT2D eigenvalue weighted by atomic mass is 9.98. The molecule has 5 heteroatoms. The molecule has 0 aromatic carbocycles. The molecule has 2 heterocycles. The van der Waals surface area contributed by atoms with Crippen LogP contribution in [0.4, 0.5) is 0 Å². The predicted octanol–water partition coefficient (Wildman–Crippen LogP) is 2.34. The molecule has 0 aliphatic carbocycles. The lowest BCUT2D eigenvalue weighted by Crippen LogP contribution is -2.42. The van der Waals surface area contributed by atoms with Crippen LogP contribution in [0.2, 0.25) is 0 Å².